The molecule has 0 aliphatic carbocycles. The zero-order valence-corrected chi connectivity index (χ0v) is 25.3. The quantitative estimate of drug-likeness (QED) is 0.155. The van der Waals surface area contributed by atoms with Crippen molar-refractivity contribution in [1.29, 1.82) is 0 Å². The molecule has 222 valence electrons. The van der Waals surface area contributed by atoms with Crippen molar-refractivity contribution in [3.05, 3.63) is 71.8 Å². The fourth-order valence-electron chi connectivity index (χ4n) is 4.79. The van der Waals surface area contributed by atoms with E-state index in [1.165, 1.54) is 0 Å². The van der Waals surface area contributed by atoms with Gasteiger partial charge in [0.2, 0.25) is 0 Å². The van der Waals surface area contributed by atoms with Gasteiger partial charge in [-0.25, -0.2) is 14.4 Å². The Bertz CT molecular complexity index is 1250. The second kappa shape index (κ2) is 13.3. The molecule has 0 saturated carbocycles. The highest BCUT2D eigenvalue weighted by molar-refractivity contribution is 6.66. The number of carbonyl (C=O) groups is 3. The number of hydrogen-bond donors (Lipinski definition) is 1. The van der Waals surface area contributed by atoms with Gasteiger partial charge in [-0.15, -0.1) is 0 Å². The molecule has 1 N–H and O–H groups in total. The lowest BCUT2D eigenvalue weighted by atomic mass is 9.67. The Morgan fingerprint density at radius 3 is 2.17 bits per heavy atom. The molecule has 0 bridgehead atoms. The summed E-state index contributed by atoms with van der Waals surface area (Å²) in [6.45, 7) is 6.50. The Balaban J connectivity index is 1.92. The molecule has 2 atom stereocenters. The average molecular weight is 629 g/mol. The van der Waals surface area contributed by atoms with Gasteiger partial charge >= 0.3 is 22.1 Å². The summed E-state index contributed by atoms with van der Waals surface area (Å²) in [5.41, 5.74) is -0.683. The van der Waals surface area contributed by atoms with E-state index in [4.69, 9.17) is 49.2 Å². The van der Waals surface area contributed by atoms with Crippen LogP contribution in [-0.4, -0.2) is 61.0 Å². The van der Waals surface area contributed by atoms with Crippen molar-refractivity contribution in [2.45, 2.75) is 62.7 Å². The minimum Gasteiger partial charge on any atom is -0.465 e. The number of carboxylic acid groups (broad SMARTS) is 1. The molecular weight excluding hydrogens is 597 g/mol. The number of oxime groups is 1. The maximum atomic E-state index is 13.7. The topological polar surface area (TPSA) is 118 Å². The predicted molar refractivity (Wildman–Crippen MR) is 155 cm³/mol. The van der Waals surface area contributed by atoms with Crippen molar-refractivity contribution in [3.8, 4) is 0 Å². The van der Waals surface area contributed by atoms with E-state index in [0.717, 1.165) is 21.1 Å². The fraction of sp³-hybridized carbons (Fsp3) is 0.429. The minimum atomic E-state index is -2.39. The number of halogens is 3. The van der Waals surface area contributed by atoms with Gasteiger partial charge in [0, 0.05) is 6.54 Å². The number of piperidine rings is 1. The van der Waals surface area contributed by atoms with Gasteiger partial charge < -0.3 is 14.7 Å². The molecular formula is C28H32Cl3N3O7. The molecule has 0 unspecified atom stereocenters. The van der Waals surface area contributed by atoms with Gasteiger partial charge in [0.15, 0.2) is 5.54 Å². The number of alkyl halides is 3. The van der Waals surface area contributed by atoms with Gasteiger partial charge in [0.25, 0.3) is 0 Å². The summed E-state index contributed by atoms with van der Waals surface area (Å²) in [6, 6.07) is 17.2. The zero-order chi connectivity index (χ0) is 30.4. The molecule has 0 spiro atoms. The van der Waals surface area contributed by atoms with Gasteiger partial charge in [-0.1, -0.05) is 86.6 Å². The first-order chi connectivity index (χ1) is 19.2. The third kappa shape index (κ3) is 8.03. The largest absolute Gasteiger partial charge is 0.465 e. The Hall–Kier alpha value is -3.05. The molecule has 0 radical (unpaired) electrons. The van der Waals surface area contributed by atoms with Crippen LogP contribution >= 0.6 is 34.8 Å². The van der Waals surface area contributed by atoms with Gasteiger partial charge in [0.1, 0.15) is 6.61 Å². The van der Waals surface area contributed by atoms with Gasteiger partial charge in [-0.3, -0.25) is 9.74 Å². The van der Waals surface area contributed by atoms with E-state index < -0.39 is 39.1 Å². The summed E-state index contributed by atoms with van der Waals surface area (Å²) in [7, 11) is 0. The number of nitrogens with zero attached hydrogens (tertiary/aromatic N) is 3. The summed E-state index contributed by atoms with van der Waals surface area (Å²) in [4.78, 5) is 51.5. The summed E-state index contributed by atoms with van der Waals surface area (Å²) >= 11 is 17.1. The average Bonchev–Trinajstić information content (AvgIpc) is 2.91. The van der Waals surface area contributed by atoms with Crippen molar-refractivity contribution >= 4 is 58.7 Å². The number of rotatable bonds is 7. The number of amides is 2. The van der Waals surface area contributed by atoms with Crippen LogP contribution in [0.25, 0.3) is 0 Å². The van der Waals surface area contributed by atoms with E-state index in [0.29, 0.717) is 5.71 Å². The molecule has 0 aromatic heterocycles. The molecule has 2 aromatic rings. The molecule has 1 heterocycles. The van der Waals surface area contributed by atoms with Crippen LogP contribution in [0, 0.1) is 5.41 Å². The molecule has 10 nitrogen and oxygen atoms in total. The molecule has 1 aliphatic rings. The number of hydrogen-bond acceptors (Lipinski definition) is 7. The van der Waals surface area contributed by atoms with E-state index in [9.17, 15) is 19.5 Å². The van der Waals surface area contributed by atoms with Crippen molar-refractivity contribution in [2.75, 3.05) is 6.54 Å². The Labute approximate surface area is 253 Å². The monoisotopic (exact) mass is 627 g/mol. The van der Waals surface area contributed by atoms with E-state index in [1.807, 2.05) is 24.3 Å². The number of hydroxylamine groups is 2. The van der Waals surface area contributed by atoms with Crippen LogP contribution in [0.5, 0.6) is 0 Å². The summed E-state index contributed by atoms with van der Waals surface area (Å²) in [6.07, 6.45) is -2.44. The van der Waals surface area contributed by atoms with E-state index in [-0.39, 0.29) is 26.0 Å². The van der Waals surface area contributed by atoms with Crippen LogP contribution in [0.15, 0.2) is 65.8 Å². The molecule has 1 saturated heterocycles. The van der Waals surface area contributed by atoms with E-state index in [1.54, 1.807) is 64.1 Å². The summed E-state index contributed by atoms with van der Waals surface area (Å²) in [5, 5.41) is 15.2. The first-order valence-corrected chi connectivity index (χ1v) is 13.9. The maximum Gasteiger partial charge on any atom is 0.437 e. The van der Waals surface area contributed by atoms with Crippen LogP contribution in [0.3, 0.4) is 0 Å². The first kappa shape index (κ1) is 32.5. The number of likely N-dealkylation sites (tertiary alicyclic amines) is 1. The molecule has 1 fully saturated rings. The van der Waals surface area contributed by atoms with Crippen LogP contribution in [-0.2, 0) is 25.8 Å². The second-order valence-corrected chi connectivity index (χ2v) is 12.7. The summed E-state index contributed by atoms with van der Waals surface area (Å²) < 4.78 is 2.51. The van der Waals surface area contributed by atoms with E-state index in [2.05, 4.69) is 5.16 Å². The van der Waals surface area contributed by atoms with Gasteiger partial charge in [0.05, 0.1) is 11.8 Å². The van der Waals surface area contributed by atoms with Crippen molar-refractivity contribution in [1.82, 2.24) is 9.96 Å². The van der Waals surface area contributed by atoms with E-state index >= 15 is 0 Å². The number of ether oxygens (including phenoxy) is 1. The Morgan fingerprint density at radius 2 is 1.63 bits per heavy atom. The SMILES string of the molecule is CC(=NOC(=O)[C@@]1(C(C)(C)C)CC[C@@H](N(OCc2ccccc2)C(=O)OC(Cl)(Cl)Cl)CN1C(=O)O)c1ccccc1. The van der Waals surface area contributed by atoms with Crippen LogP contribution in [0.2, 0.25) is 0 Å². The maximum absolute atomic E-state index is 13.7. The highest BCUT2D eigenvalue weighted by atomic mass is 35.6. The summed E-state index contributed by atoms with van der Waals surface area (Å²) in [5.74, 6) is -0.846. The molecule has 2 amide bonds. The molecule has 41 heavy (non-hydrogen) atoms. The lowest BCUT2D eigenvalue weighted by Crippen LogP contribution is -2.69. The van der Waals surface area contributed by atoms with Crippen molar-refractivity contribution < 1.29 is 33.9 Å². The van der Waals surface area contributed by atoms with Crippen LogP contribution in [0.1, 0.15) is 51.7 Å². The lowest BCUT2D eigenvalue weighted by molar-refractivity contribution is -0.198. The zero-order valence-electron chi connectivity index (χ0n) is 23.1. The Morgan fingerprint density at radius 1 is 1.05 bits per heavy atom. The molecule has 2 aromatic carbocycles. The fourth-order valence-corrected chi connectivity index (χ4v) is 4.98. The highest BCUT2D eigenvalue weighted by Crippen LogP contribution is 2.45. The smallest absolute Gasteiger partial charge is 0.437 e. The van der Waals surface area contributed by atoms with Crippen LogP contribution in [0.4, 0.5) is 9.59 Å². The highest BCUT2D eigenvalue weighted by Gasteiger charge is 2.60. The standard InChI is InChI=1S/C28H32Cl3N3O7/c1-19(21-13-9-6-10-14-21)32-41-23(35)27(26(2,3)4)16-15-22(17-33(27)24(36)37)34(25(38)40-28(29,30)31)39-18-20-11-7-5-8-12-20/h5-14,22H,15-18H2,1-4H3,(H,36,37)/t22-,27-/m1/s1. The third-order valence-electron chi connectivity index (χ3n) is 6.89. The first-order valence-electron chi connectivity index (χ1n) is 12.7. The third-order valence-corrected chi connectivity index (χ3v) is 7.12. The lowest BCUT2D eigenvalue weighted by Gasteiger charge is -2.53. The molecule has 1 aliphatic heterocycles. The molecule has 3 rings (SSSR count). The minimum absolute atomic E-state index is 0.0293. The Kier molecular flexibility index (Phi) is 10.5. The van der Waals surface area contributed by atoms with Crippen molar-refractivity contribution in [2.24, 2.45) is 10.6 Å². The predicted octanol–water partition coefficient (Wildman–Crippen LogP) is 6.78. The van der Waals surface area contributed by atoms with Crippen molar-refractivity contribution in [3.63, 3.8) is 0 Å². The second-order valence-electron chi connectivity index (χ2n) is 10.5. The molecule has 13 heteroatoms. The van der Waals surface area contributed by atoms with Gasteiger partial charge in [-0.05, 0) is 71.1 Å². The normalized spacial score (nSPS) is 19.8. The number of carbonyl (C=O) groups excluding carboxylic acids is 2. The number of benzene rings is 2. The van der Waals surface area contributed by atoms with Crippen LogP contribution < -0.4 is 0 Å². The van der Waals surface area contributed by atoms with Gasteiger partial charge in [-0.2, -0.15) is 5.06 Å².